The Morgan fingerprint density at radius 3 is 1.17 bits per heavy atom. The number of pyridine rings is 3. The second-order valence-corrected chi connectivity index (χ2v) is 16.9. The normalized spacial score (nSPS) is 11.9. The molecule has 354 valence electrons. The first kappa shape index (κ1) is 52.4. The molecule has 64 heavy (non-hydrogen) atoms. The van der Waals surface area contributed by atoms with Crippen molar-refractivity contribution in [3.05, 3.63) is 84.5 Å². The topological polar surface area (TPSA) is 269 Å². The molecule has 1 atom stereocenters. The van der Waals surface area contributed by atoms with Crippen LogP contribution < -0.4 is 43.3 Å². The number of hydrogen-bond donors (Lipinski definition) is 8. The van der Waals surface area contributed by atoms with Crippen molar-refractivity contribution in [3.8, 4) is 17.2 Å². The maximum Gasteiger partial charge on any atom is 0.271 e. The third kappa shape index (κ3) is 15.1. The number of amides is 4. The zero-order valence-electron chi connectivity index (χ0n) is 38.2. The fourth-order valence-corrected chi connectivity index (χ4v) is 7.62. The monoisotopic (exact) mass is 895 g/mol. The number of nitrogens with zero attached hydrogens (tertiary/aromatic N) is 3. The molecule has 0 aromatic carbocycles. The van der Waals surface area contributed by atoms with Crippen LogP contribution in [0.4, 0.5) is 0 Å². The van der Waals surface area contributed by atoms with E-state index >= 15 is 0 Å². The quantitative estimate of drug-likeness (QED) is 0.0485. The van der Waals surface area contributed by atoms with Gasteiger partial charge in [-0.3, -0.25) is 33.6 Å². The summed E-state index contributed by atoms with van der Waals surface area (Å²) in [4.78, 5) is 91.2. The number of rotatable bonds is 28. The standard InChI is InChI=1S/C46H70N8O10/c1-6-9-24-52-27-15-33(55)39(58)36(52)43(62)48-21-12-18-46(51-42(61)32(47)30-31(4)5,19-13-22-49-44(63)37-40(59)34(56)16-28-53(37)25-10-7-2)20-14-23-50-45(64)38-41(60)35(57)17-29-54(38)26-11-8-3/h15-17,27-29,31-32,58-60H,6-14,18-26,30,47H2,1-5H3,(H,48,62)(H,49,63)(H,50,64)(H,51,61)/t32-/m0/s1. The first-order valence-electron chi connectivity index (χ1n) is 22.7. The van der Waals surface area contributed by atoms with Gasteiger partial charge < -0.3 is 56.0 Å². The first-order valence-corrected chi connectivity index (χ1v) is 22.7. The van der Waals surface area contributed by atoms with Crippen molar-refractivity contribution in [1.29, 1.82) is 0 Å². The Morgan fingerprint density at radius 2 is 0.891 bits per heavy atom. The smallest absolute Gasteiger partial charge is 0.271 e. The van der Waals surface area contributed by atoms with Crippen molar-refractivity contribution in [3.63, 3.8) is 0 Å². The highest BCUT2D eigenvalue weighted by Gasteiger charge is 2.33. The molecule has 0 spiro atoms. The van der Waals surface area contributed by atoms with Gasteiger partial charge in [-0.25, -0.2) is 0 Å². The zero-order valence-corrected chi connectivity index (χ0v) is 38.2. The molecule has 3 aromatic heterocycles. The molecule has 0 bridgehead atoms. The van der Waals surface area contributed by atoms with Gasteiger partial charge in [0.1, 0.15) is 0 Å². The summed E-state index contributed by atoms with van der Waals surface area (Å²) >= 11 is 0. The third-order valence-corrected chi connectivity index (χ3v) is 11.2. The van der Waals surface area contributed by atoms with Crippen LogP contribution in [-0.4, -0.2) is 83.9 Å². The van der Waals surface area contributed by atoms with E-state index in [1.165, 1.54) is 50.5 Å². The molecule has 0 saturated heterocycles. The van der Waals surface area contributed by atoms with Crippen LogP contribution in [0.15, 0.2) is 51.2 Å². The molecule has 0 aliphatic rings. The van der Waals surface area contributed by atoms with Gasteiger partial charge in [0.2, 0.25) is 22.2 Å². The molecule has 3 heterocycles. The lowest BCUT2D eigenvalue weighted by atomic mass is 9.83. The summed E-state index contributed by atoms with van der Waals surface area (Å²) in [5.41, 5.74) is 2.86. The van der Waals surface area contributed by atoms with E-state index in [0.29, 0.717) is 64.6 Å². The van der Waals surface area contributed by atoms with Crippen molar-refractivity contribution in [2.24, 2.45) is 11.7 Å². The molecule has 4 amide bonds. The molecule has 0 fully saturated rings. The fourth-order valence-electron chi connectivity index (χ4n) is 7.62. The Bertz CT molecular complexity index is 1990. The minimum absolute atomic E-state index is 0.0867. The van der Waals surface area contributed by atoms with Crippen molar-refractivity contribution < 1.29 is 34.5 Å². The Balaban J connectivity index is 1.91. The summed E-state index contributed by atoms with van der Waals surface area (Å²) < 4.78 is 4.61. The van der Waals surface area contributed by atoms with E-state index < -0.39 is 68.7 Å². The highest BCUT2D eigenvalue weighted by molar-refractivity contribution is 5.96. The van der Waals surface area contributed by atoms with Crippen LogP contribution in [0.3, 0.4) is 0 Å². The van der Waals surface area contributed by atoms with Gasteiger partial charge in [0.25, 0.3) is 17.7 Å². The second-order valence-electron chi connectivity index (χ2n) is 16.9. The third-order valence-electron chi connectivity index (χ3n) is 11.2. The van der Waals surface area contributed by atoms with Crippen molar-refractivity contribution >= 4 is 23.6 Å². The highest BCUT2D eigenvalue weighted by Crippen LogP contribution is 2.27. The van der Waals surface area contributed by atoms with Gasteiger partial charge in [-0.05, 0) is 70.1 Å². The molecule has 0 aliphatic carbocycles. The van der Waals surface area contributed by atoms with Gasteiger partial charge in [0, 0.05) is 81.6 Å². The Hall–Kier alpha value is -5.91. The number of aryl methyl sites for hydroxylation is 3. The van der Waals surface area contributed by atoms with Crippen LogP contribution in [0.2, 0.25) is 0 Å². The predicted octanol–water partition coefficient (Wildman–Crippen LogP) is 3.85. The van der Waals surface area contributed by atoms with Gasteiger partial charge >= 0.3 is 0 Å². The minimum atomic E-state index is -1.01. The van der Waals surface area contributed by atoms with Crippen molar-refractivity contribution in [2.75, 3.05) is 19.6 Å². The number of carbonyl (C=O) groups is 4. The van der Waals surface area contributed by atoms with Crippen LogP contribution in [0, 0.1) is 5.92 Å². The number of unbranched alkanes of at least 4 members (excludes halogenated alkanes) is 3. The van der Waals surface area contributed by atoms with Crippen LogP contribution in [0.1, 0.15) is 150 Å². The molecular weight excluding hydrogens is 825 g/mol. The summed E-state index contributed by atoms with van der Waals surface area (Å²) in [5, 5.41) is 43.4. The van der Waals surface area contributed by atoms with Gasteiger partial charge in [-0.2, -0.15) is 0 Å². The molecular formula is C46H70N8O10. The average Bonchev–Trinajstić information content (AvgIpc) is 3.26. The summed E-state index contributed by atoms with van der Waals surface area (Å²) in [6.45, 7) is 11.3. The van der Waals surface area contributed by atoms with E-state index in [4.69, 9.17) is 5.73 Å². The highest BCUT2D eigenvalue weighted by atomic mass is 16.3. The summed E-state index contributed by atoms with van der Waals surface area (Å²) in [7, 11) is 0. The lowest BCUT2D eigenvalue weighted by Crippen LogP contribution is -2.54. The molecule has 0 radical (unpaired) electrons. The molecule has 3 rings (SSSR count). The van der Waals surface area contributed by atoms with Crippen LogP contribution in [0.25, 0.3) is 0 Å². The van der Waals surface area contributed by atoms with Crippen molar-refractivity contribution in [1.82, 2.24) is 35.0 Å². The van der Waals surface area contributed by atoms with Crippen molar-refractivity contribution in [2.45, 2.75) is 149 Å². The Kier molecular flexibility index (Phi) is 21.3. The fraction of sp³-hybridized carbons (Fsp3) is 0.587. The average molecular weight is 895 g/mol. The number of aromatic hydroxyl groups is 3. The summed E-state index contributed by atoms with van der Waals surface area (Å²) in [6.07, 6.45) is 11.2. The second kappa shape index (κ2) is 26.0. The van der Waals surface area contributed by atoms with E-state index in [1.54, 1.807) is 0 Å². The number of nitrogens with one attached hydrogen (secondary N) is 4. The molecule has 0 unspecified atom stereocenters. The number of hydrogen-bond acceptors (Lipinski definition) is 11. The van der Waals surface area contributed by atoms with Crippen LogP contribution in [0.5, 0.6) is 17.2 Å². The number of aromatic nitrogens is 3. The zero-order chi connectivity index (χ0) is 47.4. The molecule has 18 nitrogen and oxygen atoms in total. The maximum atomic E-state index is 13.8. The summed E-state index contributed by atoms with van der Waals surface area (Å²) in [6, 6.07) is 2.75. The van der Waals surface area contributed by atoms with E-state index in [9.17, 15) is 48.9 Å². The molecule has 18 heteroatoms. The van der Waals surface area contributed by atoms with E-state index in [-0.39, 0.29) is 61.9 Å². The SMILES string of the molecule is CCCCn1ccc(=O)c(O)c1C(=O)NCCCC(CCCNC(=O)c1c(O)c(=O)ccn1CCCC)(CCCNC(=O)c1c(O)c(=O)ccn1CCCC)NC(=O)[C@@H](N)CC(C)C. The first-order chi connectivity index (χ1) is 30.5. The molecule has 0 aliphatic heterocycles. The van der Waals surface area contributed by atoms with Gasteiger partial charge in [-0.15, -0.1) is 0 Å². The summed E-state index contributed by atoms with van der Waals surface area (Å²) in [5.74, 6) is -4.21. The lowest BCUT2D eigenvalue weighted by molar-refractivity contribution is -0.125. The molecule has 9 N–H and O–H groups in total. The maximum absolute atomic E-state index is 13.8. The van der Waals surface area contributed by atoms with E-state index in [1.807, 2.05) is 34.6 Å². The largest absolute Gasteiger partial charge is 0.503 e. The number of carbonyl (C=O) groups excluding carboxylic acids is 4. The van der Waals surface area contributed by atoms with Crippen LogP contribution >= 0.6 is 0 Å². The van der Waals surface area contributed by atoms with E-state index in [2.05, 4.69) is 21.3 Å². The van der Waals surface area contributed by atoms with Crippen LogP contribution in [-0.2, 0) is 24.4 Å². The molecule has 0 saturated carbocycles. The van der Waals surface area contributed by atoms with Gasteiger partial charge in [0.05, 0.1) is 6.04 Å². The Morgan fingerprint density at radius 1 is 0.578 bits per heavy atom. The lowest BCUT2D eigenvalue weighted by Gasteiger charge is -2.37. The molecule has 3 aromatic rings. The van der Waals surface area contributed by atoms with Gasteiger partial charge in [0.15, 0.2) is 34.3 Å². The number of nitrogens with two attached hydrogens (primary N) is 1. The minimum Gasteiger partial charge on any atom is -0.503 e. The Labute approximate surface area is 374 Å². The van der Waals surface area contributed by atoms with Gasteiger partial charge in [-0.1, -0.05) is 53.9 Å². The predicted molar refractivity (Wildman–Crippen MR) is 245 cm³/mol. The van der Waals surface area contributed by atoms with E-state index in [0.717, 1.165) is 19.3 Å².